The van der Waals surface area contributed by atoms with E-state index in [1.165, 1.54) is 6.07 Å². The number of fused-ring (bicyclic) bond motifs is 3. The van der Waals surface area contributed by atoms with Gasteiger partial charge in [-0.25, -0.2) is 4.39 Å². The molecule has 2 heterocycles. The number of halogens is 2. The van der Waals surface area contributed by atoms with Crippen molar-refractivity contribution in [3.63, 3.8) is 0 Å². The Bertz CT molecular complexity index is 919. The number of rotatable bonds is 1. The number of nitrogens with zero attached hydrogens (tertiary/aromatic N) is 3. The summed E-state index contributed by atoms with van der Waals surface area (Å²) < 4.78 is 16.4. The monoisotopic (exact) mass is 341 g/mol. The van der Waals surface area contributed by atoms with Crippen molar-refractivity contribution in [3.05, 3.63) is 76.2 Å². The highest BCUT2D eigenvalue weighted by Crippen LogP contribution is 2.42. The highest BCUT2D eigenvalue weighted by Gasteiger charge is 2.31. The summed E-state index contributed by atoms with van der Waals surface area (Å²) in [5, 5.41) is 5.04. The number of aryl methyl sites for hydroxylation is 1. The Hall–Kier alpha value is -2.17. The van der Waals surface area contributed by atoms with E-state index in [1.54, 1.807) is 6.07 Å². The predicted octanol–water partition coefficient (Wildman–Crippen LogP) is 4.41. The molecular weight excluding hydrogens is 325 g/mol. The standard InChI is InChI=1S/C19H17ClFN3/c1-23-11-12-10-22-24(2)18(12)14-8-7-13(20)9-16(14)19(23)15-5-3-4-6-17(15)21/h3-10,19H,11H2,1-2H3. The predicted molar refractivity (Wildman–Crippen MR) is 93.4 cm³/mol. The molecule has 4 rings (SSSR count). The van der Waals surface area contributed by atoms with Gasteiger partial charge in [0.05, 0.1) is 17.9 Å². The van der Waals surface area contributed by atoms with Gasteiger partial charge in [0.1, 0.15) is 5.82 Å². The lowest BCUT2D eigenvalue weighted by molar-refractivity contribution is 0.268. The molecule has 24 heavy (non-hydrogen) atoms. The van der Waals surface area contributed by atoms with Gasteiger partial charge in [0.25, 0.3) is 0 Å². The van der Waals surface area contributed by atoms with Gasteiger partial charge >= 0.3 is 0 Å². The molecule has 0 bridgehead atoms. The lowest BCUT2D eigenvalue weighted by Gasteiger charge is -2.28. The Labute approximate surface area is 145 Å². The molecule has 0 aliphatic carbocycles. The summed E-state index contributed by atoms with van der Waals surface area (Å²) in [6, 6.07) is 12.6. The smallest absolute Gasteiger partial charge is 0.128 e. The van der Waals surface area contributed by atoms with Crippen LogP contribution in [-0.4, -0.2) is 21.7 Å². The lowest BCUT2D eigenvalue weighted by atomic mass is 9.92. The Morgan fingerprint density at radius 2 is 1.92 bits per heavy atom. The number of aromatic nitrogens is 2. The van der Waals surface area contributed by atoms with Crippen LogP contribution in [0.1, 0.15) is 22.7 Å². The van der Waals surface area contributed by atoms with Crippen LogP contribution in [-0.2, 0) is 13.6 Å². The molecule has 1 atom stereocenters. The van der Waals surface area contributed by atoms with Gasteiger partial charge in [-0.3, -0.25) is 9.58 Å². The van der Waals surface area contributed by atoms with E-state index in [2.05, 4.69) is 10.00 Å². The molecule has 0 amide bonds. The maximum absolute atomic E-state index is 14.5. The Morgan fingerprint density at radius 1 is 1.12 bits per heavy atom. The third-order valence-electron chi connectivity index (χ3n) is 4.64. The summed E-state index contributed by atoms with van der Waals surface area (Å²) in [7, 11) is 3.94. The average Bonchev–Trinajstić information content (AvgIpc) is 2.85. The van der Waals surface area contributed by atoms with Gasteiger partial charge in [0, 0.05) is 35.3 Å². The van der Waals surface area contributed by atoms with E-state index >= 15 is 0 Å². The minimum absolute atomic E-state index is 0.202. The molecule has 0 spiro atoms. The molecule has 2 aromatic carbocycles. The Balaban J connectivity index is 2.02. The first kappa shape index (κ1) is 15.4. The molecule has 1 aliphatic rings. The van der Waals surface area contributed by atoms with Crippen LogP contribution in [0.25, 0.3) is 11.3 Å². The SMILES string of the molecule is CN1Cc2cnn(C)c2-c2ccc(Cl)cc2C1c1ccccc1F. The van der Waals surface area contributed by atoms with Crippen molar-refractivity contribution in [1.82, 2.24) is 14.7 Å². The van der Waals surface area contributed by atoms with E-state index in [4.69, 9.17) is 11.6 Å². The van der Waals surface area contributed by atoms with Crippen molar-refractivity contribution in [3.8, 4) is 11.3 Å². The third kappa shape index (κ3) is 2.34. The van der Waals surface area contributed by atoms with Gasteiger partial charge in [-0.1, -0.05) is 35.9 Å². The second kappa shape index (κ2) is 5.72. The normalized spacial score (nSPS) is 17.2. The highest BCUT2D eigenvalue weighted by atomic mass is 35.5. The van der Waals surface area contributed by atoms with Crippen LogP contribution in [0.3, 0.4) is 0 Å². The van der Waals surface area contributed by atoms with Gasteiger partial charge in [0.15, 0.2) is 0 Å². The van der Waals surface area contributed by atoms with Gasteiger partial charge in [-0.05, 0) is 30.8 Å². The quantitative estimate of drug-likeness (QED) is 0.653. The first-order chi connectivity index (χ1) is 11.6. The van der Waals surface area contributed by atoms with Crippen molar-refractivity contribution in [1.29, 1.82) is 0 Å². The lowest BCUT2D eigenvalue weighted by Crippen LogP contribution is -2.25. The van der Waals surface area contributed by atoms with Crippen molar-refractivity contribution >= 4 is 11.6 Å². The van der Waals surface area contributed by atoms with Crippen LogP contribution in [0.5, 0.6) is 0 Å². The molecule has 5 heteroatoms. The molecule has 1 aliphatic heterocycles. The number of benzene rings is 2. The summed E-state index contributed by atoms with van der Waals surface area (Å²) in [5.41, 5.74) is 4.89. The highest BCUT2D eigenvalue weighted by molar-refractivity contribution is 6.30. The fraction of sp³-hybridized carbons (Fsp3) is 0.211. The minimum Gasteiger partial charge on any atom is -0.291 e. The van der Waals surface area contributed by atoms with E-state index in [-0.39, 0.29) is 11.9 Å². The average molecular weight is 342 g/mol. The molecule has 0 saturated carbocycles. The topological polar surface area (TPSA) is 21.1 Å². The van der Waals surface area contributed by atoms with Crippen LogP contribution in [0, 0.1) is 5.82 Å². The van der Waals surface area contributed by atoms with Gasteiger partial charge in [-0.15, -0.1) is 0 Å². The molecular formula is C19H17ClFN3. The number of hydrogen-bond acceptors (Lipinski definition) is 2. The van der Waals surface area contributed by atoms with Gasteiger partial charge < -0.3 is 0 Å². The van der Waals surface area contributed by atoms with E-state index in [1.807, 2.05) is 55.3 Å². The molecule has 0 radical (unpaired) electrons. The zero-order valence-electron chi connectivity index (χ0n) is 13.5. The Kier molecular flexibility index (Phi) is 3.66. The van der Waals surface area contributed by atoms with Gasteiger partial charge in [0.2, 0.25) is 0 Å². The number of hydrogen-bond donors (Lipinski definition) is 0. The fourth-order valence-electron chi connectivity index (χ4n) is 3.62. The summed E-state index contributed by atoms with van der Waals surface area (Å²) in [6.07, 6.45) is 1.88. The van der Waals surface area contributed by atoms with Crippen molar-refractivity contribution in [2.24, 2.45) is 7.05 Å². The second-order valence-corrected chi connectivity index (χ2v) is 6.65. The minimum atomic E-state index is -0.204. The molecule has 122 valence electrons. The van der Waals surface area contributed by atoms with Crippen molar-refractivity contribution < 1.29 is 4.39 Å². The van der Waals surface area contributed by atoms with Crippen LogP contribution < -0.4 is 0 Å². The van der Waals surface area contributed by atoms with Crippen molar-refractivity contribution in [2.75, 3.05) is 7.05 Å². The second-order valence-electron chi connectivity index (χ2n) is 6.21. The summed E-state index contributed by atoms with van der Waals surface area (Å²) in [5.74, 6) is -0.204. The maximum atomic E-state index is 14.5. The maximum Gasteiger partial charge on any atom is 0.128 e. The molecule has 3 nitrogen and oxygen atoms in total. The third-order valence-corrected chi connectivity index (χ3v) is 4.87. The van der Waals surface area contributed by atoms with E-state index in [0.29, 0.717) is 17.1 Å². The Morgan fingerprint density at radius 3 is 2.71 bits per heavy atom. The van der Waals surface area contributed by atoms with Crippen LogP contribution in [0.2, 0.25) is 5.02 Å². The summed E-state index contributed by atoms with van der Waals surface area (Å²) >= 11 is 6.28. The van der Waals surface area contributed by atoms with Crippen molar-refractivity contribution in [2.45, 2.75) is 12.6 Å². The molecule has 0 saturated heterocycles. The molecule has 1 aromatic heterocycles. The zero-order valence-corrected chi connectivity index (χ0v) is 14.3. The van der Waals surface area contributed by atoms with E-state index in [0.717, 1.165) is 22.4 Å². The fourth-order valence-corrected chi connectivity index (χ4v) is 3.80. The first-order valence-electron chi connectivity index (χ1n) is 7.81. The molecule has 1 unspecified atom stereocenters. The largest absolute Gasteiger partial charge is 0.291 e. The van der Waals surface area contributed by atoms with Crippen LogP contribution in [0.4, 0.5) is 4.39 Å². The first-order valence-corrected chi connectivity index (χ1v) is 8.19. The van der Waals surface area contributed by atoms with E-state index in [9.17, 15) is 4.39 Å². The summed E-state index contributed by atoms with van der Waals surface area (Å²) in [6.45, 7) is 0.689. The molecule has 0 fully saturated rings. The zero-order chi connectivity index (χ0) is 16.8. The molecule has 0 N–H and O–H groups in total. The van der Waals surface area contributed by atoms with Crippen LogP contribution >= 0.6 is 11.6 Å². The molecule has 3 aromatic rings. The van der Waals surface area contributed by atoms with Gasteiger partial charge in [-0.2, -0.15) is 5.10 Å². The van der Waals surface area contributed by atoms with E-state index < -0.39 is 0 Å². The summed E-state index contributed by atoms with van der Waals surface area (Å²) in [4.78, 5) is 2.14. The van der Waals surface area contributed by atoms with Crippen LogP contribution in [0.15, 0.2) is 48.7 Å².